The Bertz CT molecular complexity index is 580. The second-order valence-electron chi connectivity index (χ2n) is 4.96. The average molecular weight is 317 g/mol. The molecule has 1 amide bonds. The Morgan fingerprint density at radius 2 is 1.95 bits per heavy atom. The molecule has 1 atom stereocenters. The molecule has 0 aliphatic heterocycles. The van der Waals surface area contributed by atoms with Gasteiger partial charge in [-0.25, -0.2) is 12.7 Å². The molecule has 21 heavy (non-hydrogen) atoms. The van der Waals surface area contributed by atoms with Gasteiger partial charge in [-0.1, -0.05) is 0 Å². The Kier molecular flexibility index (Phi) is 5.94. The van der Waals surface area contributed by atoms with Gasteiger partial charge in [0.15, 0.2) is 0 Å². The van der Waals surface area contributed by atoms with Crippen molar-refractivity contribution in [2.24, 2.45) is 0 Å². The number of nitrogens with zero attached hydrogens (tertiary/aromatic N) is 2. The molecular weight excluding hydrogens is 294 g/mol. The SMILES string of the molecule is CCN(C)C(=O)C(C)NCc1ccc(S(=O)(=O)N(C)C)o1. The minimum absolute atomic E-state index is 0.0230. The molecular formula is C13H23N3O4S. The molecule has 7 nitrogen and oxygen atoms in total. The fourth-order valence-corrected chi connectivity index (χ4v) is 2.41. The van der Waals surface area contributed by atoms with Crippen LogP contribution in [0, 0.1) is 0 Å². The van der Waals surface area contributed by atoms with E-state index in [9.17, 15) is 13.2 Å². The zero-order valence-corrected chi connectivity index (χ0v) is 13.9. The van der Waals surface area contributed by atoms with E-state index in [1.807, 2.05) is 6.92 Å². The minimum atomic E-state index is -3.56. The molecule has 0 bridgehead atoms. The van der Waals surface area contributed by atoms with Crippen LogP contribution in [-0.2, 0) is 21.4 Å². The topological polar surface area (TPSA) is 82.9 Å². The van der Waals surface area contributed by atoms with Gasteiger partial charge in [-0.3, -0.25) is 10.1 Å². The van der Waals surface area contributed by atoms with Gasteiger partial charge in [0.25, 0.3) is 10.0 Å². The quantitative estimate of drug-likeness (QED) is 0.791. The monoisotopic (exact) mass is 317 g/mol. The van der Waals surface area contributed by atoms with E-state index in [0.717, 1.165) is 4.31 Å². The maximum atomic E-state index is 11.9. The van der Waals surface area contributed by atoms with Crippen molar-refractivity contribution in [3.8, 4) is 0 Å². The van der Waals surface area contributed by atoms with Gasteiger partial charge in [-0.2, -0.15) is 0 Å². The van der Waals surface area contributed by atoms with E-state index >= 15 is 0 Å². The molecule has 0 saturated carbocycles. The minimum Gasteiger partial charge on any atom is -0.447 e. The van der Waals surface area contributed by atoms with Crippen LogP contribution >= 0.6 is 0 Å². The average Bonchev–Trinajstić information content (AvgIpc) is 2.92. The Morgan fingerprint density at radius 1 is 1.33 bits per heavy atom. The summed E-state index contributed by atoms with van der Waals surface area (Å²) in [6.07, 6.45) is 0. The molecule has 0 saturated heterocycles. The molecule has 0 aliphatic carbocycles. The van der Waals surface area contributed by atoms with Crippen molar-refractivity contribution < 1.29 is 17.6 Å². The number of furan rings is 1. The van der Waals surface area contributed by atoms with Gasteiger partial charge in [0.05, 0.1) is 12.6 Å². The van der Waals surface area contributed by atoms with Crippen LogP contribution in [0.3, 0.4) is 0 Å². The largest absolute Gasteiger partial charge is 0.447 e. The van der Waals surface area contributed by atoms with E-state index in [0.29, 0.717) is 12.3 Å². The van der Waals surface area contributed by atoms with Crippen molar-refractivity contribution in [2.75, 3.05) is 27.7 Å². The summed E-state index contributed by atoms with van der Waals surface area (Å²) in [5.74, 6) is 0.444. The molecule has 0 aromatic carbocycles. The molecule has 0 aliphatic rings. The normalized spacial score (nSPS) is 13.4. The van der Waals surface area contributed by atoms with Gasteiger partial charge in [0.1, 0.15) is 5.76 Å². The summed E-state index contributed by atoms with van der Waals surface area (Å²) >= 11 is 0. The van der Waals surface area contributed by atoms with E-state index in [1.165, 1.54) is 20.2 Å². The van der Waals surface area contributed by atoms with Gasteiger partial charge >= 0.3 is 0 Å². The first kappa shape index (κ1) is 17.7. The molecule has 1 heterocycles. The van der Waals surface area contributed by atoms with E-state index in [1.54, 1.807) is 24.9 Å². The Hall–Kier alpha value is -1.38. The third-order valence-electron chi connectivity index (χ3n) is 3.18. The highest BCUT2D eigenvalue weighted by molar-refractivity contribution is 7.88. The van der Waals surface area contributed by atoms with Gasteiger partial charge in [0.2, 0.25) is 11.0 Å². The third-order valence-corrected chi connectivity index (χ3v) is 4.86. The van der Waals surface area contributed by atoms with Crippen LogP contribution in [0.25, 0.3) is 0 Å². The van der Waals surface area contributed by atoms with Gasteiger partial charge < -0.3 is 9.32 Å². The van der Waals surface area contributed by atoms with Crippen LogP contribution in [0.1, 0.15) is 19.6 Å². The first-order valence-corrected chi connectivity index (χ1v) is 8.13. The van der Waals surface area contributed by atoms with Crippen LogP contribution < -0.4 is 5.32 Å². The summed E-state index contributed by atoms with van der Waals surface area (Å²) in [5, 5.41) is 2.91. The van der Waals surface area contributed by atoms with E-state index < -0.39 is 10.0 Å². The first-order valence-electron chi connectivity index (χ1n) is 6.69. The van der Waals surface area contributed by atoms with Crippen LogP contribution in [-0.4, -0.2) is 57.3 Å². The van der Waals surface area contributed by atoms with Crippen LogP contribution in [0.2, 0.25) is 0 Å². The lowest BCUT2D eigenvalue weighted by atomic mass is 10.3. The van der Waals surface area contributed by atoms with Crippen molar-refractivity contribution in [2.45, 2.75) is 31.5 Å². The number of amides is 1. The van der Waals surface area contributed by atoms with Crippen molar-refractivity contribution in [1.29, 1.82) is 0 Å². The van der Waals surface area contributed by atoms with Gasteiger partial charge in [-0.15, -0.1) is 0 Å². The highest BCUT2D eigenvalue weighted by atomic mass is 32.2. The Labute approximate surface area is 126 Å². The predicted octanol–water partition coefficient (Wildman–Crippen LogP) is 0.486. The molecule has 0 fully saturated rings. The number of carbonyl (C=O) groups is 1. The second-order valence-corrected chi connectivity index (χ2v) is 7.05. The van der Waals surface area contributed by atoms with Crippen LogP contribution in [0.4, 0.5) is 0 Å². The summed E-state index contributed by atoms with van der Waals surface area (Å²) in [6, 6.07) is 2.63. The predicted molar refractivity (Wildman–Crippen MR) is 79.2 cm³/mol. The maximum absolute atomic E-state index is 11.9. The zero-order valence-electron chi connectivity index (χ0n) is 13.1. The molecule has 1 aromatic heterocycles. The molecule has 1 aromatic rings. The number of hydrogen-bond donors (Lipinski definition) is 1. The maximum Gasteiger partial charge on any atom is 0.275 e. The molecule has 120 valence electrons. The molecule has 0 radical (unpaired) electrons. The van der Waals surface area contributed by atoms with Crippen molar-refractivity contribution in [1.82, 2.24) is 14.5 Å². The second kappa shape index (κ2) is 7.06. The molecule has 8 heteroatoms. The lowest BCUT2D eigenvalue weighted by molar-refractivity contribution is -0.131. The number of carbonyl (C=O) groups excluding carboxylic acids is 1. The number of nitrogens with one attached hydrogen (secondary N) is 1. The van der Waals surface area contributed by atoms with Crippen molar-refractivity contribution >= 4 is 15.9 Å². The lowest BCUT2D eigenvalue weighted by Gasteiger charge is -2.20. The van der Waals surface area contributed by atoms with Gasteiger partial charge in [-0.05, 0) is 26.0 Å². The van der Waals surface area contributed by atoms with Crippen LogP contribution in [0.5, 0.6) is 0 Å². The van der Waals surface area contributed by atoms with E-state index in [-0.39, 0.29) is 23.6 Å². The summed E-state index contributed by atoms with van der Waals surface area (Å²) in [7, 11) is 1.05. The standard InChI is InChI=1S/C13H23N3O4S/c1-6-16(5)13(17)10(2)14-9-11-7-8-12(20-11)21(18,19)15(3)4/h7-8,10,14H,6,9H2,1-5H3. The third kappa shape index (κ3) is 4.29. The van der Waals surface area contributed by atoms with E-state index in [2.05, 4.69) is 5.32 Å². The van der Waals surface area contributed by atoms with Gasteiger partial charge in [0, 0.05) is 27.7 Å². The smallest absolute Gasteiger partial charge is 0.275 e. The summed E-state index contributed by atoms with van der Waals surface area (Å²) in [5.41, 5.74) is 0. The summed E-state index contributed by atoms with van der Waals surface area (Å²) < 4.78 is 30.1. The highest BCUT2D eigenvalue weighted by Gasteiger charge is 2.22. The fraction of sp³-hybridized carbons (Fsp3) is 0.615. The highest BCUT2D eigenvalue weighted by Crippen LogP contribution is 2.16. The molecule has 1 rings (SSSR count). The summed E-state index contributed by atoms with van der Waals surface area (Å²) in [4.78, 5) is 13.5. The Morgan fingerprint density at radius 3 is 2.48 bits per heavy atom. The first-order chi connectivity index (χ1) is 9.70. The fourth-order valence-electron chi connectivity index (χ4n) is 1.60. The zero-order chi connectivity index (χ0) is 16.2. The molecule has 1 N–H and O–H groups in total. The van der Waals surface area contributed by atoms with Crippen LogP contribution in [0.15, 0.2) is 21.6 Å². The number of rotatable bonds is 7. The molecule has 1 unspecified atom stereocenters. The lowest BCUT2D eigenvalue weighted by Crippen LogP contribution is -2.42. The van der Waals surface area contributed by atoms with Crippen molar-refractivity contribution in [3.63, 3.8) is 0 Å². The number of likely N-dealkylation sites (N-methyl/N-ethyl adjacent to an activating group) is 1. The number of sulfonamides is 1. The Balaban J connectivity index is 2.67. The molecule has 0 spiro atoms. The van der Waals surface area contributed by atoms with E-state index in [4.69, 9.17) is 4.42 Å². The number of hydrogen-bond acceptors (Lipinski definition) is 5. The summed E-state index contributed by atoms with van der Waals surface area (Å²) in [6.45, 7) is 4.58. The van der Waals surface area contributed by atoms with Crippen molar-refractivity contribution in [3.05, 3.63) is 17.9 Å².